The van der Waals surface area contributed by atoms with Gasteiger partial charge in [0.2, 0.25) is 0 Å². The summed E-state index contributed by atoms with van der Waals surface area (Å²) in [5.74, 6) is 0.875. The minimum Gasteiger partial charge on any atom is -0.508 e. The lowest BCUT2D eigenvalue weighted by Crippen LogP contribution is -2.00. The highest BCUT2D eigenvalue weighted by Crippen LogP contribution is 2.35. The zero-order valence-electron chi connectivity index (χ0n) is 19.6. The average Bonchev–Trinajstić information content (AvgIpc) is 2.78. The van der Waals surface area contributed by atoms with Gasteiger partial charge in [-0.25, -0.2) is 0 Å². The van der Waals surface area contributed by atoms with E-state index in [1.165, 1.54) is 0 Å². The summed E-state index contributed by atoms with van der Waals surface area (Å²) in [4.78, 5) is 0. The standard InChI is InChI=1S/C30H30O3/c1-18-12-28(31)20(3)10-23(18)14-26-16-25(22-8-6-5-7-9-22)17-27(30(26)33)15-24-11-21(4)29(32)13-19(24)2/h5-13,16-17,31-33H,14-15H2,1-4H3. The second kappa shape index (κ2) is 9.03. The summed E-state index contributed by atoms with van der Waals surface area (Å²) in [7, 11) is 0. The average molecular weight is 439 g/mol. The molecule has 0 saturated carbocycles. The first-order chi connectivity index (χ1) is 15.7. The van der Waals surface area contributed by atoms with E-state index in [1.807, 2.05) is 58.0 Å². The zero-order chi connectivity index (χ0) is 23.7. The molecule has 0 bridgehead atoms. The monoisotopic (exact) mass is 438 g/mol. The molecule has 0 aliphatic heterocycles. The molecule has 0 saturated heterocycles. The molecule has 0 aromatic heterocycles. The lowest BCUT2D eigenvalue weighted by atomic mass is 9.90. The summed E-state index contributed by atoms with van der Waals surface area (Å²) in [5.41, 5.74) is 9.65. The third-order valence-corrected chi connectivity index (χ3v) is 6.45. The van der Waals surface area contributed by atoms with E-state index in [0.29, 0.717) is 18.6 Å². The van der Waals surface area contributed by atoms with Gasteiger partial charge in [-0.2, -0.15) is 0 Å². The van der Waals surface area contributed by atoms with Crippen LogP contribution in [0.25, 0.3) is 11.1 Å². The first kappa shape index (κ1) is 22.5. The number of aryl methyl sites for hydroxylation is 4. The van der Waals surface area contributed by atoms with Gasteiger partial charge in [-0.05, 0) is 108 Å². The molecular formula is C30H30O3. The van der Waals surface area contributed by atoms with Crippen LogP contribution in [0.4, 0.5) is 0 Å². The summed E-state index contributed by atoms with van der Waals surface area (Å²) in [6, 6.07) is 21.9. The van der Waals surface area contributed by atoms with Gasteiger partial charge in [0.1, 0.15) is 17.2 Å². The highest BCUT2D eigenvalue weighted by Gasteiger charge is 2.15. The summed E-state index contributed by atoms with van der Waals surface area (Å²) in [6.45, 7) is 7.74. The highest BCUT2D eigenvalue weighted by atomic mass is 16.3. The Bertz CT molecular complexity index is 1240. The van der Waals surface area contributed by atoms with Crippen LogP contribution in [-0.4, -0.2) is 15.3 Å². The molecule has 4 aromatic carbocycles. The Hall–Kier alpha value is -3.72. The van der Waals surface area contributed by atoms with E-state index in [9.17, 15) is 15.3 Å². The molecule has 168 valence electrons. The van der Waals surface area contributed by atoms with Crippen LogP contribution in [0.5, 0.6) is 17.2 Å². The fourth-order valence-corrected chi connectivity index (χ4v) is 4.34. The van der Waals surface area contributed by atoms with Gasteiger partial charge in [-0.3, -0.25) is 0 Å². The van der Waals surface area contributed by atoms with Gasteiger partial charge < -0.3 is 15.3 Å². The zero-order valence-corrected chi connectivity index (χ0v) is 19.6. The quantitative estimate of drug-likeness (QED) is 0.318. The summed E-state index contributed by atoms with van der Waals surface area (Å²) in [6.07, 6.45) is 1.14. The second-order valence-corrected chi connectivity index (χ2v) is 8.99. The number of rotatable bonds is 5. The summed E-state index contributed by atoms with van der Waals surface area (Å²) >= 11 is 0. The molecule has 0 amide bonds. The fourth-order valence-electron chi connectivity index (χ4n) is 4.34. The van der Waals surface area contributed by atoms with Gasteiger partial charge in [-0.15, -0.1) is 0 Å². The van der Waals surface area contributed by atoms with Crippen molar-refractivity contribution in [1.29, 1.82) is 0 Å². The lowest BCUT2D eigenvalue weighted by molar-refractivity contribution is 0.463. The minimum absolute atomic E-state index is 0.289. The van der Waals surface area contributed by atoms with Crippen molar-refractivity contribution in [2.45, 2.75) is 40.5 Å². The Morgan fingerprint density at radius 3 is 1.39 bits per heavy atom. The van der Waals surface area contributed by atoms with E-state index >= 15 is 0 Å². The van der Waals surface area contributed by atoms with Crippen molar-refractivity contribution in [3.8, 4) is 28.4 Å². The molecule has 0 unspecified atom stereocenters. The van der Waals surface area contributed by atoms with Gasteiger partial charge in [0.25, 0.3) is 0 Å². The number of benzene rings is 4. The molecule has 0 fully saturated rings. The number of hydrogen-bond donors (Lipinski definition) is 3. The third kappa shape index (κ3) is 4.73. The van der Waals surface area contributed by atoms with Crippen LogP contribution >= 0.6 is 0 Å². The molecule has 4 aromatic rings. The van der Waals surface area contributed by atoms with Crippen LogP contribution in [-0.2, 0) is 12.8 Å². The highest BCUT2D eigenvalue weighted by molar-refractivity contribution is 5.68. The molecule has 33 heavy (non-hydrogen) atoms. The van der Waals surface area contributed by atoms with Crippen LogP contribution in [0.2, 0.25) is 0 Å². The predicted molar refractivity (Wildman–Crippen MR) is 134 cm³/mol. The van der Waals surface area contributed by atoms with Crippen LogP contribution in [0.3, 0.4) is 0 Å². The van der Waals surface area contributed by atoms with Gasteiger partial charge >= 0.3 is 0 Å². The molecule has 0 heterocycles. The van der Waals surface area contributed by atoms with E-state index in [2.05, 4.69) is 24.3 Å². The molecule has 0 atom stereocenters. The maximum atomic E-state index is 11.3. The van der Waals surface area contributed by atoms with E-state index in [4.69, 9.17) is 0 Å². The van der Waals surface area contributed by atoms with Crippen LogP contribution in [0.15, 0.2) is 66.7 Å². The SMILES string of the molecule is Cc1cc(Cc2cc(-c3ccccc3)cc(Cc3cc(C)c(O)cc3C)c2O)c(C)cc1O. The van der Waals surface area contributed by atoms with Crippen LogP contribution in [0, 0.1) is 27.7 Å². The maximum Gasteiger partial charge on any atom is 0.122 e. The molecule has 0 aliphatic rings. The van der Waals surface area contributed by atoms with E-state index in [1.54, 1.807) is 12.1 Å². The van der Waals surface area contributed by atoms with Crippen molar-refractivity contribution in [2.75, 3.05) is 0 Å². The van der Waals surface area contributed by atoms with Gasteiger partial charge in [-0.1, -0.05) is 42.5 Å². The first-order valence-electron chi connectivity index (χ1n) is 11.2. The van der Waals surface area contributed by atoms with Crippen molar-refractivity contribution >= 4 is 0 Å². The van der Waals surface area contributed by atoms with Crippen molar-refractivity contribution in [3.63, 3.8) is 0 Å². The number of aromatic hydroxyl groups is 3. The molecular weight excluding hydrogens is 408 g/mol. The Morgan fingerprint density at radius 1 is 0.485 bits per heavy atom. The molecule has 0 aliphatic carbocycles. The predicted octanol–water partition coefficient (Wildman–Crippen LogP) is 6.89. The van der Waals surface area contributed by atoms with Gasteiger partial charge in [0, 0.05) is 12.8 Å². The largest absolute Gasteiger partial charge is 0.508 e. The topological polar surface area (TPSA) is 60.7 Å². The summed E-state index contributed by atoms with van der Waals surface area (Å²) < 4.78 is 0. The van der Waals surface area contributed by atoms with Gasteiger partial charge in [0.05, 0.1) is 0 Å². The van der Waals surface area contributed by atoms with E-state index < -0.39 is 0 Å². The molecule has 4 rings (SSSR count). The lowest BCUT2D eigenvalue weighted by Gasteiger charge is -2.17. The summed E-state index contributed by atoms with van der Waals surface area (Å²) in [5, 5.41) is 31.4. The number of hydrogen-bond acceptors (Lipinski definition) is 3. The minimum atomic E-state index is 0.289. The molecule has 3 nitrogen and oxygen atoms in total. The maximum absolute atomic E-state index is 11.3. The van der Waals surface area contributed by atoms with Crippen molar-refractivity contribution in [1.82, 2.24) is 0 Å². The Kier molecular flexibility index (Phi) is 6.15. The molecule has 3 N–H and O–H groups in total. The van der Waals surface area contributed by atoms with E-state index in [-0.39, 0.29) is 11.5 Å². The molecule has 3 heteroatoms. The normalized spacial score (nSPS) is 11.0. The van der Waals surface area contributed by atoms with Crippen molar-refractivity contribution < 1.29 is 15.3 Å². The van der Waals surface area contributed by atoms with Crippen molar-refractivity contribution in [2.24, 2.45) is 0 Å². The third-order valence-electron chi connectivity index (χ3n) is 6.45. The Balaban J connectivity index is 1.83. The van der Waals surface area contributed by atoms with E-state index in [0.717, 1.165) is 55.6 Å². The fraction of sp³-hybridized carbons (Fsp3) is 0.200. The smallest absolute Gasteiger partial charge is 0.122 e. The Labute approximate surface area is 195 Å². The van der Waals surface area contributed by atoms with Crippen molar-refractivity contribution in [3.05, 3.63) is 111 Å². The molecule has 0 radical (unpaired) electrons. The second-order valence-electron chi connectivity index (χ2n) is 8.99. The number of phenols is 3. The van der Waals surface area contributed by atoms with Crippen LogP contribution < -0.4 is 0 Å². The molecule has 0 spiro atoms. The Morgan fingerprint density at radius 2 is 0.939 bits per heavy atom. The first-order valence-corrected chi connectivity index (χ1v) is 11.2. The number of phenolic OH excluding ortho intramolecular Hbond substituents is 3. The van der Waals surface area contributed by atoms with Gasteiger partial charge in [0.15, 0.2) is 0 Å². The van der Waals surface area contributed by atoms with Crippen LogP contribution in [0.1, 0.15) is 44.5 Å².